The predicted octanol–water partition coefficient (Wildman–Crippen LogP) is 5.09. The molecule has 0 saturated heterocycles. The molecule has 0 aliphatic carbocycles. The zero-order valence-corrected chi connectivity index (χ0v) is 19.3. The number of benzene rings is 2. The van der Waals surface area contributed by atoms with Gasteiger partial charge in [-0.05, 0) is 18.2 Å². The zero-order valence-electron chi connectivity index (χ0n) is 17.7. The van der Waals surface area contributed by atoms with Crippen LogP contribution in [0.25, 0.3) is 21.5 Å². The van der Waals surface area contributed by atoms with Crippen molar-refractivity contribution in [2.75, 3.05) is 25.3 Å². The van der Waals surface area contributed by atoms with E-state index in [9.17, 15) is 4.79 Å². The molecule has 0 spiro atoms. The molecule has 7 nitrogen and oxygen atoms in total. The second kappa shape index (κ2) is 9.88. The third-order valence-electron chi connectivity index (χ3n) is 4.77. The summed E-state index contributed by atoms with van der Waals surface area (Å²) in [7, 11) is 3.13. The summed E-state index contributed by atoms with van der Waals surface area (Å²) in [6.45, 7) is 4.40. The fourth-order valence-corrected chi connectivity index (χ4v) is 4.94. The Hall–Kier alpha value is -3.30. The molecule has 0 unspecified atom stereocenters. The van der Waals surface area contributed by atoms with Gasteiger partial charge in [-0.3, -0.25) is 9.36 Å². The van der Waals surface area contributed by atoms with E-state index in [0.29, 0.717) is 28.9 Å². The lowest BCUT2D eigenvalue weighted by molar-refractivity contribution is -0.113. The van der Waals surface area contributed by atoms with Crippen LogP contribution in [0, 0.1) is 0 Å². The van der Waals surface area contributed by atoms with Gasteiger partial charge >= 0.3 is 0 Å². The maximum absolute atomic E-state index is 12.6. The SMILES string of the molecule is C=CCn1c(SCC(=O)Nc2ccc(OC)cc2OC)nnc1-c1csc2ccccc12. The Balaban J connectivity index is 1.51. The first-order valence-electron chi connectivity index (χ1n) is 9.80. The fourth-order valence-electron chi connectivity index (χ4n) is 3.26. The second-order valence-corrected chi connectivity index (χ2v) is 8.61. The fraction of sp³-hybridized carbons (Fsp3) is 0.174. The number of hydrogen-bond donors (Lipinski definition) is 1. The lowest BCUT2D eigenvalue weighted by Crippen LogP contribution is -2.15. The number of thiophene rings is 1. The topological polar surface area (TPSA) is 78.3 Å². The minimum Gasteiger partial charge on any atom is -0.497 e. The molecule has 32 heavy (non-hydrogen) atoms. The number of methoxy groups -OCH3 is 2. The summed E-state index contributed by atoms with van der Waals surface area (Å²) < 4.78 is 13.7. The highest BCUT2D eigenvalue weighted by atomic mass is 32.2. The summed E-state index contributed by atoms with van der Waals surface area (Å²) in [6, 6.07) is 13.4. The number of amides is 1. The van der Waals surface area contributed by atoms with Crippen LogP contribution in [0.5, 0.6) is 11.5 Å². The van der Waals surface area contributed by atoms with Crippen LogP contribution < -0.4 is 14.8 Å². The Kier molecular flexibility index (Phi) is 6.77. The number of carbonyl (C=O) groups excluding carboxylic acids is 1. The molecule has 9 heteroatoms. The van der Waals surface area contributed by atoms with Crippen molar-refractivity contribution in [1.82, 2.24) is 14.8 Å². The van der Waals surface area contributed by atoms with Crippen LogP contribution in [0.4, 0.5) is 5.69 Å². The van der Waals surface area contributed by atoms with Crippen molar-refractivity contribution in [2.45, 2.75) is 11.7 Å². The molecule has 0 radical (unpaired) electrons. The van der Waals surface area contributed by atoms with E-state index in [0.717, 1.165) is 16.8 Å². The van der Waals surface area contributed by atoms with Crippen LogP contribution in [0.15, 0.2) is 65.7 Å². The highest BCUT2D eigenvalue weighted by Gasteiger charge is 2.18. The Morgan fingerprint density at radius 1 is 1.22 bits per heavy atom. The number of nitrogens with one attached hydrogen (secondary N) is 1. The number of allylic oxidation sites excluding steroid dienone is 1. The summed E-state index contributed by atoms with van der Waals surface area (Å²) >= 11 is 3.00. The van der Waals surface area contributed by atoms with E-state index in [1.807, 2.05) is 16.7 Å². The standard InChI is InChI=1S/C23H22N4O3S2/c1-4-11-27-22(17-13-31-20-8-6-5-7-16(17)20)25-26-23(27)32-14-21(28)24-18-10-9-15(29-2)12-19(18)30-3/h4-10,12-13H,1,11,14H2,2-3H3,(H,24,28). The summed E-state index contributed by atoms with van der Waals surface area (Å²) in [5.41, 5.74) is 1.61. The molecule has 0 fully saturated rings. The van der Waals surface area contributed by atoms with Gasteiger partial charge in [0.15, 0.2) is 11.0 Å². The van der Waals surface area contributed by atoms with Gasteiger partial charge in [0.2, 0.25) is 5.91 Å². The van der Waals surface area contributed by atoms with Crippen LogP contribution in [-0.4, -0.2) is 40.6 Å². The van der Waals surface area contributed by atoms with Gasteiger partial charge in [0.05, 0.1) is 25.7 Å². The van der Waals surface area contributed by atoms with Gasteiger partial charge in [0, 0.05) is 33.6 Å². The third kappa shape index (κ3) is 4.49. The van der Waals surface area contributed by atoms with Crippen molar-refractivity contribution in [3.05, 3.63) is 60.5 Å². The van der Waals surface area contributed by atoms with E-state index in [1.165, 1.54) is 16.5 Å². The van der Waals surface area contributed by atoms with Crippen LogP contribution in [0.2, 0.25) is 0 Å². The first-order chi connectivity index (χ1) is 15.6. The van der Waals surface area contributed by atoms with E-state index in [1.54, 1.807) is 49.8 Å². The molecule has 164 valence electrons. The Morgan fingerprint density at radius 2 is 2.06 bits per heavy atom. The van der Waals surface area contributed by atoms with Crippen LogP contribution in [0.3, 0.4) is 0 Å². The first kappa shape index (κ1) is 21.9. The average molecular weight is 467 g/mol. The molecule has 0 atom stereocenters. The van der Waals surface area contributed by atoms with Gasteiger partial charge in [-0.2, -0.15) is 0 Å². The monoisotopic (exact) mass is 466 g/mol. The van der Waals surface area contributed by atoms with Crippen molar-refractivity contribution in [2.24, 2.45) is 0 Å². The van der Waals surface area contributed by atoms with Gasteiger partial charge in [0.1, 0.15) is 11.5 Å². The largest absolute Gasteiger partial charge is 0.497 e. The van der Waals surface area contributed by atoms with Crippen molar-refractivity contribution in [1.29, 1.82) is 0 Å². The molecule has 0 saturated carbocycles. The number of hydrogen-bond acceptors (Lipinski definition) is 7. The number of nitrogens with zero attached hydrogens (tertiary/aromatic N) is 3. The molecule has 0 aliphatic heterocycles. The smallest absolute Gasteiger partial charge is 0.234 e. The van der Waals surface area contributed by atoms with Crippen molar-refractivity contribution >= 4 is 44.8 Å². The Morgan fingerprint density at radius 3 is 2.84 bits per heavy atom. The van der Waals surface area contributed by atoms with Gasteiger partial charge in [0.25, 0.3) is 0 Å². The lowest BCUT2D eigenvalue weighted by Gasteiger charge is -2.11. The van der Waals surface area contributed by atoms with Crippen molar-refractivity contribution in [3.8, 4) is 22.9 Å². The highest BCUT2D eigenvalue weighted by Crippen LogP contribution is 2.34. The number of carbonyl (C=O) groups is 1. The number of thioether (sulfide) groups is 1. The zero-order chi connectivity index (χ0) is 22.5. The number of rotatable bonds is 9. The van der Waals surface area contributed by atoms with E-state index in [2.05, 4.69) is 39.6 Å². The molecular weight excluding hydrogens is 444 g/mol. The number of fused-ring (bicyclic) bond motifs is 1. The molecule has 0 aliphatic rings. The van der Waals surface area contributed by atoms with E-state index in [4.69, 9.17) is 9.47 Å². The Bertz CT molecular complexity index is 1270. The summed E-state index contributed by atoms with van der Waals surface area (Å²) in [6.07, 6.45) is 1.80. The molecule has 2 aromatic heterocycles. The van der Waals surface area contributed by atoms with Crippen molar-refractivity contribution in [3.63, 3.8) is 0 Å². The van der Waals surface area contributed by atoms with Crippen LogP contribution in [-0.2, 0) is 11.3 Å². The quantitative estimate of drug-likeness (QED) is 0.273. The molecule has 0 bridgehead atoms. The lowest BCUT2D eigenvalue weighted by atomic mass is 10.1. The maximum Gasteiger partial charge on any atom is 0.234 e. The first-order valence-corrected chi connectivity index (χ1v) is 11.7. The molecule has 1 amide bonds. The highest BCUT2D eigenvalue weighted by molar-refractivity contribution is 7.99. The molecule has 1 N–H and O–H groups in total. The van der Waals surface area contributed by atoms with Gasteiger partial charge in [-0.25, -0.2) is 0 Å². The van der Waals surface area contributed by atoms with E-state index < -0.39 is 0 Å². The van der Waals surface area contributed by atoms with Gasteiger partial charge in [-0.15, -0.1) is 28.1 Å². The third-order valence-corrected chi connectivity index (χ3v) is 6.70. The number of aromatic nitrogens is 3. The average Bonchev–Trinajstić information content (AvgIpc) is 3.42. The molecule has 4 aromatic rings. The summed E-state index contributed by atoms with van der Waals surface area (Å²) in [5, 5.41) is 15.5. The van der Waals surface area contributed by atoms with Gasteiger partial charge < -0.3 is 14.8 Å². The predicted molar refractivity (Wildman–Crippen MR) is 130 cm³/mol. The number of anilines is 1. The van der Waals surface area contributed by atoms with Gasteiger partial charge in [-0.1, -0.05) is 36.0 Å². The van der Waals surface area contributed by atoms with E-state index >= 15 is 0 Å². The maximum atomic E-state index is 12.6. The van der Waals surface area contributed by atoms with Crippen molar-refractivity contribution < 1.29 is 14.3 Å². The molecule has 2 aromatic carbocycles. The number of ether oxygens (including phenoxy) is 2. The molecule has 2 heterocycles. The summed E-state index contributed by atoms with van der Waals surface area (Å²) in [5.74, 6) is 1.95. The minimum absolute atomic E-state index is 0.172. The normalized spacial score (nSPS) is 10.8. The second-order valence-electron chi connectivity index (χ2n) is 6.75. The van der Waals surface area contributed by atoms with E-state index in [-0.39, 0.29) is 11.7 Å². The minimum atomic E-state index is -0.172. The summed E-state index contributed by atoms with van der Waals surface area (Å²) in [4.78, 5) is 12.6. The molecular formula is C23H22N4O3S2. The molecule has 4 rings (SSSR count). The van der Waals surface area contributed by atoms with Crippen LogP contribution in [0.1, 0.15) is 0 Å². The van der Waals surface area contributed by atoms with Crippen LogP contribution >= 0.6 is 23.1 Å². The Labute approximate surface area is 194 Å².